The Balaban J connectivity index is 2.47. The Morgan fingerprint density at radius 1 is 1.35 bits per heavy atom. The van der Waals surface area contributed by atoms with E-state index in [1.165, 1.54) is 0 Å². The van der Waals surface area contributed by atoms with Crippen molar-refractivity contribution in [1.29, 1.82) is 0 Å². The zero-order valence-corrected chi connectivity index (χ0v) is 11.9. The Morgan fingerprint density at radius 2 is 2.05 bits per heavy atom. The standard InChI is InChI=1S/C14H22N4O2/c1-10(2)18(9-13(16)19)7-6-14(20)17-12-5-3-4-11(15)8-12/h3-5,8,10H,6-7,9,15H2,1-2H3,(H2,16,19)(H,17,20). The Labute approximate surface area is 119 Å². The predicted molar refractivity (Wildman–Crippen MR) is 80.0 cm³/mol. The van der Waals surface area contributed by atoms with E-state index in [-0.39, 0.29) is 18.5 Å². The van der Waals surface area contributed by atoms with E-state index in [4.69, 9.17) is 11.5 Å². The molecule has 110 valence electrons. The first-order valence-electron chi connectivity index (χ1n) is 6.56. The van der Waals surface area contributed by atoms with Crippen molar-refractivity contribution in [1.82, 2.24) is 4.90 Å². The van der Waals surface area contributed by atoms with E-state index in [1.54, 1.807) is 24.3 Å². The summed E-state index contributed by atoms with van der Waals surface area (Å²) < 4.78 is 0. The molecule has 0 radical (unpaired) electrons. The third-order valence-corrected chi connectivity index (χ3v) is 2.89. The van der Waals surface area contributed by atoms with E-state index in [9.17, 15) is 9.59 Å². The summed E-state index contributed by atoms with van der Waals surface area (Å²) in [6, 6.07) is 7.16. The van der Waals surface area contributed by atoms with Crippen LogP contribution in [0.3, 0.4) is 0 Å². The van der Waals surface area contributed by atoms with Gasteiger partial charge in [0.1, 0.15) is 0 Å². The van der Waals surface area contributed by atoms with Gasteiger partial charge in [0.05, 0.1) is 6.54 Å². The molecule has 6 nitrogen and oxygen atoms in total. The van der Waals surface area contributed by atoms with Gasteiger partial charge in [-0.05, 0) is 32.0 Å². The predicted octanol–water partition coefficient (Wildman–Crippen LogP) is 0.793. The van der Waals surface area contributed by atoms with Gasteiger partial charge in [-0.3, -0.25) is 14.5 Å². The van der Waals surface area contributed by atoms with Gasteiger partial charge >= 0.3 is 0 Å². The van der Waals surface area contributed by atoms with Crippen LogP contribution in [0, 0.1) is 0 Å². The van der Waals surface area contributed by atoms with Gasteiger partial charge in [0.25, 0.3) is 0 Å². The van der Waals surface area contributed by atoms with Gasteiger partial charge in [-0.1, -0.05) is 6.07 Å². The number of amides is 2. The SMILES string of the molecule is CC(C)N(CCC(=O)Nc1cccc(N)c1)CC(N)=O. The topological polar surface area (TPSA) is 101 Å². The quantitative estimate of drug-likeness (QED) is 0.642. The van der Waals surface area contributed by atoms with Crippen LogP contribution in [0.1, 0.15) is 20.3 Å². The Kier molecular flexibility index (Phi) is 5.99. The Morgan fingerprint density at radius 3 is 2.60 bits per heavy atom. The van der Waals surface area contributed by atoms with Crippen molar-refractivity contribution in [2.45, 2.75) is 26.3 Å². The summed E-state index contributed by atoms with van der Waals surface area (Å²) >= 11 is 0. The molecular weight excluding hydrogens is 256 g/mol. The highest BCUT2D eigenvalue weighted by Crippen LogP contribution is 2.12. The van der Waals surface area contributed by atoms with E-state index < -0.39 is 5.91 Å². The van der Waals surface area contributed by atoms with Gasteiger partial charge in [-0.2, -0.15) is 0 Å². The largest absolute Gasteiger partial charge is 0.399 e. The highest BCUT2D eigenvalue weighted by Gasteiger charge is 2.13. The molecule has 6 heteroatoms. The fraction of sp³-hybridized carbons (Fsp3) is 0.429. The summed E-state index contributed by atoms with van der Waals surface area (Å²) in [7, 11) is 0. The van der Waals surface area contributed by atoms with Crippen LogP contribution < -0.4 is 16.8 Å². The molecule has 0 unspecified atom stereocenters. The molecule has 1 aromatic rings. The Bertz CT molecular complexity index is 474. The minimum absolute atomic E-state index is 0.120. The smallest absolute Gasteiger partial charge is 0.231 e. The summed E-state index contributed by atoms with van der Waals surface area (Å²) in [4.78, 5) is 24.7. The zero-order chi connectivity index (χ0) is 15.1. The lowest BCUT2D eigenvalue weighted by molar-refractivity contribution is -0.121. The minimum atomic E-state index is -0.394. The molecule has 0 aromatic heterocycles. The summed E-state index contributed by atoms with van der Waals surface area (Å²) in [5, 5.41) is 2.77. The average Bonchev–Trinajstić information content (AvgIpc) is 2.33. The van der Waals surface area contributed by atoms with Crippen LogP contribution in [0.15, 0.2) is 24.3 Å². The number of nitrogens with zero attached hydrogens (tertiary/aromatic N) is 1. The zero-order valence-electron chi connectivity index (χ0n) is 11.9. The van der Waals surface area contributed by atoms with Crippen LogP contribution in [-0.4, -0.2) is 35.8 Å². The number of hydrogen-bond acceptors (Lipinski definition) is 4. The fourth-order valence-corrected chi connectivity index (χ4v) is 1.81. The first kappa shape index (κ1) is 16.0. The number of nitrogens with two attached hydrogens (primary N) is 2. The molecule has 0 spiro atoms. The van der Waals surface area contributed by atoms with E-state index in [2.05, 4.69) is 5.32 Å². The number of hydrogen-bond donors (Lipinski definition) is 3. The van der Waals surface area contributed by atoms with Crippen LogP contribution in [0.25, 0.3) is 0 Å². The molecule has 20 heavy (non-hydrogen) atoms. The van der Waals surface area contributed by atoms with Gasteiger partial charge in [-0.15, -0.1) is 0 Å². The molecule has 0 heterocycles. The maximum Gasteiger partial charge on any atom is 0.231 e. The van der Waals surface area contributed by atoms with Crippen LogP contribution in [-0.2, 0) is 9.59 Å². The molecule has 5 N–H and O–H groups in total. The molecule has 0 bridgehead atoms. The molecule has 0 saturated heterocycles. The molecule has 0 fully saturated rings. The summed E-state index contributed by atoms with van der Waals surface area (Å²) in [6.45, 7) is 4.55. The van der Waals surface area contributed by atoms with E-state index in [1.807, 2.05) is 18.7 Å². The average molecular weight is 278 g/mol. The van der Waals surface area contributed by atoms with Gasteiger partial charge < -0.3 is 16.8 Å². The number of rotatable bonds is 7. The van der Waals surface area contributed by atoms with Crippen molar-refractivity contribution in [3.63, 3.8) is 0 Å². The van der Waals surface area contributed by atoms with Crippen molar-refractivity contribution < 1.29 is 9.59 Å². The maximum absolute atomic E-state index is 11.8. The molecule has 0 aliphatic carbocycles. The number of nitrogen functional groups attached to an aromatic ring is 1. The first-order valence-corrected chi connectivity index (χ1v) is 6.56. The van der Waals surface area contributed by atoms with Crippen molar-refractivity contribution in [3.8, 4) is 0 Å². The fourth-order valence-electron chi connectivity index (χ4n) is 1.81. The molecule has 0 atom stereocenters. The number of carbonyl (C=O) groups is 2. The van der Waals surface area contributed by atoms with Crippen LogP contribution in [0.5, 0.6) is 0 Å². The second-order valence-electron chi connectivity index (χ2n) is 4.95. The lowest BCUT2D eigenvalue weighted by atomic mass is 10.2. The Hall–Kier alpha value is -2.08. The van der Waals surface area contributed by atoms with Crippen LogP contribution in [0.4, 0.5) is 11.4 Å². The lowest BCUT2D eigenvalue weighted by Gasteiger charge is -2.24. The van der Waals surface area contributed by atoms with Gasteiger partial charge in [0.2, 0.25) is 11.8 Å². The van der Waals surface area contributed by atoms with Gasteiger partial charge in [0, 0.05) is 30.4 Å². The maximum atomic E-state index is 11.8. The summed E-state index contributed by atoms with van der Waals surface area (Å²) in [5.74, 6) is -0.513. The molecule has 2 amide bonds. The highest BCUT2D eigenvalue weighted by molar-refractivity contribution is 5.91. The van der Waals surface area contributed by atoms with E-state index in [0.29, 0.717) is 24.3 Å². The summed E-state index contributed by atoms with van der Waals surface area (Å²) in [6.07, 6.45) is 0.292. The molecule has 0 aliphatic heterocycles. The molecule has 1 aromatic carbocycles. The van der Waals surface area contributed by atoms with Gasteiger partial charge in [0.15, 0.2) is 0 Å². The monoisotopic (exact) mass is 278 g/mol. The summed E-state index contributed by atoms with van der Waals surface area (Å²) in [5.41, 5.74) is 12.1. The normalized spacial score (nSPS) is 10.8. The van der Waals surface area contributed by atoms with Crippen molar-refractivity contribution in [2.75, 3.05) is 24.1 Å². The second kappa shape index (κ2) is 7.49. The third kappa shape index (κ3) is 5.71. The second-order valence-corrected chi connectivity index (χ2v) is 4.95. The molecular formula is C14H22N4O2. The van der Waals surface area contributed by atoms with Crippen molar-refractivity contribution >= 4 is 23.2 Å². The third-order valence-electron chi connectivity index (χ3n) is 2.89. The molecule has 1 rings (SSSR count). The van der Waals surface area contributed by atoms with Crippen molar-refractivity contribution in [2.24, 2.45) is 5.73 Å². The molecule has 0 aliphatic rings. The van der Waals surface area contributed by atoms with Crippen molar-refractivity contribution in [3.05, 3.63) is 24.3 Å². The number of benzene rings is 1. The van der Waals surface area contributed by atoms with Crippen LogP contribution in [0.2, 0.25) is 0 Å². The minimum Gasteiger partial charge on any atom is -0.399 e. The highest BCUT2D eigenvalue weighted by atomic mass is 16.2. The number of nitrogens with one attached hydrogen (secondary N) is 1. The molecule has 0 saturated carbocycles. The van der Waals surface area contributed by atoms with Gasteiger partial charge in [-0.25, -0.2) is 0 Å². The first-order chi connectivity index (χ1) is 9.38. The van der Waals surface area contributed by atoms with E-state index in [0.717, 1.165) is 0 Å². The number of carbonyl (C=O) groups excluding carboxylic acids is 2. The van der Waals surface area contributed by atoms with E-state index >= 15 is 0 Å². The number of primary amides is 1. The number of anilines is 2. The lowest BCUT2D eigenvalue weighted by Crippen LogP contribution is -2.40. The van der Waals surface area contributed by atoms with Crippen LogP contribution >= 0.6 is 0 Å².